The van der Waals surface area contributed by atoms with Gasteiger partial charge in [-0.25, -0.2) is 0 Å². The van der Waals surface area contributed by atoms with Crippen molar-refractivity contribution in [2.75, 3.05) is 6.54 Å². The van der Waals surface area contributed by atoms with Crippen molar-refractivity contribution in [3.63, 3.8) is 0 Å². The third kappa shape index (κ3) is 0.817. The van der Waals surface area contributed by atoms with Gasteiger partial charge in [0.2, 0.25) is 0 Å². The second kappa shape index (κ2) is 2.21. The Hall–Kier alpha value is -1.18. The minimum Gasteiger partial charge on any atom is -0.387 e. The Morgan fingerprint density at radius 1 is 1.40 bits per heavy atom. The molecule has 0 saturated heterocycles. The highest BCUT2D eigenvalue weighted by molar-refractivity contribution is 5.30. The summed E-state index contributed by atoms with van der Waals surface area (Å²) in [6, 6.07) is 0.436. The van der Waals surface area contributed by atoms with E-state index in [1.807, 2.05) is 18.5 Å². The summed E-state index contributed by atoms with van der Waals surface area (Å²) in [7, 11) is 0. The molecular formula is C8H10N2. The molecule has 0 radical (unpaired) electrons. The highest BCUT2D eigenvalue weighted by Gasteiger charge is 2.12. The molecular weight excluding hydrogens is 124 g/mol. The normalized spacial score (nSPS) is 28.0. The summed E-state index contributed by atoms with van der Waals surface area (Å²) < 4.78 is 0. The summed E-state index contributed by atoms with van der Waals surface area (Å²) in [6.45, 7) is 0.971. The van der Waals surface area contributed by atoms with E-state index in [0.29, 0.717) is 6.04 Å². The molecule has 0 spiro atoms. The van der Waals surface area contributed by atoms with Crippen molar-refractivity contribution in [2.45, 2.75) is 6.04 Å². The summed E-state index contributed by atoms with van der Waals surface area (Å²) in [4.78, 5) is 0. The molecule has 2 aliphatic rings. The molecule has 2 heteroatoms. The predicted octanol–water partition coefficient (Wildman–Crippen LogP) is 0.515. The van der Waals surface area contributed by atoms with Gasteiger partial charge in [-0.15, -0.1) is 0 Å². The van der Waals surface area contributed by atoms with Crippen LogP contribution in [-0.4, -0.2) is 12.6 Å². The Labute approximate surface area is 60.3 Å². The first kappa shape index (κ1) is 5.59. The number of dihydropyridines is 1. The first-order valence-electron chi connectivity index (χ1n) is 3.48. The molecule has 0 aromatic heterocycles. The van der Waals surface area contributed by atoms with Crippen molar-refractivity contribution >= 4 is 0 Å². The van der Waals surface area contributed by atoms with Crippen LogP contribution in [-0.2, 0) is 0 Å². The lowest BCUT2D eigenvalue weighted by Crippen LogP contribution is -2.34. The summed E-state index contributed by atoms with van der Waals surface area (Å²) in [5, 5.41) is 6.41. The molecule has 1 unspecified atom stereocenters. The molecule has 0 aromatic rings. The summed E-state index contributed by atoms with van der Waals surface area (Å²) in [5.74, 6) is 0. The lowest BCUT2D eigenvalue weighted by Gasteiger charge is -2.23. The van der Waals surface area contributed by atoms with Gasteiger partial charge < -0.3 is 10.6 Å². The van der Waals surface area contributed by atoms with Gasteiger partial charge in [0.05, 0.1) is 6.04 Å². The maximum atomic E-state index is 3.25. The fourth-order valence-electron chi connectivity index (χ4n) is 1.23. The highest BCUT2D eigenvalue weighted by Crippen LogP contribution is 2.10. The van der Waals surface area contributed by atoms with Crippen LogP contribution >= 0.6 is 0 Å². The molecule has 0 saturated carbocycles. The van der Waals surface area contributed by atoms with Gasteiger partial charge in [0.1, 0.15) is 0 Å². The Kier molecular flexibility index (Phi) is 1.24. The van der Waals surface area contributed by atoms with Crippen LogP contribution in [0.25, 0.3) is 0 Å². The van der Waals surface area contributed by atoms with Crippen LogP contribution in [0.4, 0.5) is 0 Å². The average molecular weight is 134 g/mol. The monoisotopic (exact) mass is 134 g/mol. The number of rotatable bonds is 0. The SMILES string of the molecule is C1=CNC2C=CNCC2=C1. The van der Waals surface area contributed by atoms with E-state index >= 15 is 0 Å². The second-order valence-electron chi connectivity index (χ2n) is 2.49. The van der Waals surface area contributed by atoms with E-state index < -0.39 is 0 Å². The molecule has 0 bridgehead atoms. The van der Waals surface area contributed by atoms with Crippen molar-refractivity contribution in [1.29, 1.82) is 0 Å². The number of nitrogens with one attached hydrogen (secondary N) is 2. The van der Waals surface area contributed by atoms with Gasteiger partial charge in [0, 0.05) is 6.54 Å². The molecule has 0 amide bonds. The number of allylic oxidation sites excluding steroid dienone is 2. The largest absolute Gasteiger partial charge is 0.387 e. The van der Waals surface area contributed by atoms with Crippen molar-refractivity contribution in [3.05, 3.63) is 36.2 Å². The summed E-state index contributed by atoms with van der Waals surface area (Å²) in [5.41, 5.74) is 1.41. The van der Waals surface area contributed by atoms with Gasteiger partial charge in [-0.05, 0) is 30.1 Å². The van der Waals surface area contributed by atoms with Gasteiger partial charge >= 0.3 is 0 Å². The third-order valence-corrected chi connectivity index (χ3v) is 1.79. The first-order chi connectivity index (χ1) is 4.97. The van der Waals surface area contributed by atoms with Gasteiger partial charge in [-0.2, -0.15) is 0 Å². The average Bonchev–Trinajstić information content (AvgIpc) is 2.05. The molecule has 2 heterocycles. The Balaban J connectivity index is 2.26. The van der Waals surface area contributed by atoms with Crippen LogP contribution in [0, 0.1) is 0 Å². The van der Waals surface area contributed by atoms with E-state index in [9.17, 15) is 0 Å². The van der Waals surface area contributed by atoms with Gasteiger partial charge in [0.15, 0.2) is 0 Å². The highest BCUT2D eigenvalue weighted by atomic mass is 14.9. The number of hydrogen-bond acceptors (Lipinski definition) is 2. The molecule has 0 aromatic carbocycles. The zero-order valence-corrected chi connectivity index (χ0v) is 5.67. The molecule has 1 atom stereocenters. The van der Waals surface area contributed by atoms with E-state index in [4.69, 9.17) is 0 Å². The maximum absolute atomic E-state index is 3.25. The van der Waals surface area contributed by atoms with Crippen molar-refractivity contribution < 1.29 is 0 Å². The fourth-order valence-corrected chi connectivity index (χ4v) is 1.23. The minimum atomic E-state index is 0.436. The smallest absolute Gasteiger partial charge is 0.0689 e. The molecule has 10 heavy (non-hydrogen) atoms. The zero-order valence-electron chi connectivity index (χ0n) is 5.67. The lowest BCUT2D eigenvalue weighted by molar-refractivity contribution is 0.706. The van der Waals surface area contributed by atoms with E-state index in [1.165, 1.54) is 5.57 Å². The fraction of sp³-hybridized carbons (Fsp3) is 0.250. The second-order valence-corrected chi connectivity index (χ2v) is 2.49. The van der Waals surface area contributed by atoms with Crippen LogP contribution in [0.1, 0.15) is 0 Å². The van der Waals surface area contributed by atoms with Crippen LogP contribution in [0.2, 0.25) is 0 Å². The lowest BCUT2D eigenvalue weighted by atomic mass is 10.0. The van der Waals surface area contributed by atoms with Crippen LogP contribution in [0.15, 0.2) is 36.2 Å². The van der Waals surface area contributed by atoms with Gasteiger partial charge in [-0.3, -0.25) is 0 Å². The quantitative estimate of drug-likeness (QED) is 0.504. The van der Waals surface area contributed by atoms with E-state index in [1.54, 1.807) is 0 Å². The molecule has 2 N–H and O–H groups in total. The van der Waals surface area contributed by atoms with Crippen molar-refractivity contribution in [3.8, 4) is 0 Å². The molecule has 0 aliphatic carbocycles. The van der Waals surface area contributed by atoms with Crippen molar-refractivity contribution in [2.24, 2.45) is 0 Å². The Morgan fingerprint density at radius 3 is 3.30 bits per heavy atom. The molecule has 2 aliphatic heterocycles. The molecule has 0 fully saturated rings. The zero-order chi connectivity index (χ0) is 6.81. The summed E-state index contributed by atoms with van der Waals surface area (Å²) >= 11 is 0. The molecule has 2 nitrogen and oxygen atoms in total. The number of hydrogen-bond donors (Lipinski definition) is 2. The Bertz CT molecular complexity index is 213. The molecule has 52 valence electrons. The first-order valence-corrected chi connectivity index (χ1v) is 3.48. The maximum Gasteiger partial charge on any atom is 0.0689 e. The van der Waals surface area contributed by atoms with Crippen LogP contribution in [0.5, 0.6) is 0 Å². The van der Waals surface area contributed by atoms with E-state index in [0.717, 1.165) is 6.54 Å². The third-order valence-electron chi connectivity index (χ3n) is 1.79. The standard InChI is InChI=1S/C8H10N2/c1-2-7-6-9-5-3-8(7)10-4-1/h1-5,8-10H,6H2. The minimum absolute atomic E-state index is 0.436. The van der Waals surface area contributed by atoms with Crippen LogP contribution < -0.4 is 10.6 Å². The number of fused-ring (bicyclic) bond motifs is 1. The van der Waals surface area contributed by atoms with Crippen LogP contribution in [0.3, 0.4) is 0 Å². The van der Waals surface area contributed by atoms with Gasteiger partial charge in [0.25, 0.3) is 0 Å². The predicted molar refractivity (Wildman–Crippen MR) is 41.3 cm³/mol. The topological polar surface area (TPSA) is 24.1 Å². The Morgan fingerprint density at radius 2 is 2.40 bits per heavy atom. The van der Waals surface area contributed by atoms with E-state index in [-0.39, 0.29) is 0 Å². The summed E-state index contributed by atoms with van der Waals surface area (Å²) in [6.07, 6.45) is 10.3. The molecule has 2 rings (SSSR count). The van der Waals surface area contributed by atoms with Gasteiger partial charge in [-0.1, -0.05) is 6.08 Å². The van der Waals surface area contributed by atoms with E-state index in [2.05, 4.69) is 22.8 Å². The van der Waals surface area contributed by atoms with Crippen molar-refractivity contribution in [1.82, 2.24) is 10.6 Å².